The Balaban J connectivity index is 2.42. The Labute approximate surface area is 155 Å². The van der Waals surface area contributed by atoms with Crippen molar-refractivity contribution >= 4 is 28.3 Å². The van der Waals surface area contributed by atoms with Crippen molar-refractivity contribution in [3.05, 3.63) is 58.1 Å². The molecule has 2 rings (SSSR count). The van der Waals surface area contributed by atoms with Gasteiger partial charge in [0, 0.05) is 12.1 Å². The van der Waals surface area contributed by atoms with E-state index >= 15 is 0 Å². The van der Waals surface area contributed by atoms with Crippen LogP contribution in [0, 0.1) is 21.6 Å². The van der Waals surface area contributed by atoms with Crippen LogP contribution in [0.3, 0.4) is 0 Å². The molecule has 1 N–H and O–H groups in total. The molecule has 140 valence electrons. The quantitative estimate of drug-likeness (QED) is 0.198. The fraction of sp³-hybridized carbons (Fsp3) is 0.125. The molecule has 0 aliphatic carbocycles. The maximum absolute atomic E-state index is 12.8. The number of aliphatic imine (C=N–C) groups is 1. The van der Waals surface area contributed by atoms with Crippen molar-refractivity contribution in [3.8, 4) is 17.7 Å². The van der Waals surface area contributed by atoms with Crippen LogP contribution in [-0.4, -0.2) is 16.3 Å². The second kappa shape index (κ2) is 8.41. The van der Waals surface area contributed by atoms with Crippen LogP contribution in [0.15, 0.2) is 47.5 Å². The van der Waals surface area contributed by atoms with E-state index in [4.69, 9.17) is 10.00 Å². The van der Waals surface area contributed by atoms with Gasteiger partial charge in [-0.25, -0.2) is 4.99 Å². The van der Waals surface area contributed by atoms with Crippen LogP contribution in [0.25, 0.3) is 0 Å². The first-order valence-corrected chi connectivity index (χ1v) is 8.38. The maximum Gasteiger partial charge on any atom is 0.416 e. The van der Waals surface area contributed by atoms with Crippen molar-refractivity contribution in [2.75, 3.05) is 6.26 Å². The molecule has 0 aliphatic rings. The van der Waals surface area contributed by atoms with E-state index < -0.39 is 16.7 Å². The van der Waals surface area contributed by atoms with E-state index in [1.54, 1.807) is 12.4 Å². The fourth-order valence-electron chi connectivity index (χ4n) is 1.96. The average molecular weight is 396 g/mol. The summed E-state index contributed by atoms with van der Waals surface area (Å²) >= 11 is 1.10. The van der Waals surface area contributed by atoms with Crippen molar-refractivity contribution in [2.24, 2.45) is 4.99 Å². The van der Waals surface area contributed by atoms with Gasteiger partial charge >= 0.3 is 6.18 Å². The van der Waals surface area contributed by atoms with Crippen molar-refractivity contribution in [1.29, 1.82) is 5.26 Å². The maximum atomic E-state index is 12.8. The second-order valence-corrected chi connectivity index (χ2v) is 5.72. The third kappa shape index (κ3) is 5.61. The molecule has 0 heterocycles. The molecule has 0 fully saturated rings. The van der Waals surface area contributed by atoms with E-state index in [9.17, 15) is 23.3 Å². The molecule has 27 heavy (non-hydrogen) atoms. The van der Waals surface area contributed by atoms with Gasteiger partial charge in [0.05, 0.1) is 22.2 Å². The van der Waals surface area contributed by atoms with Gasteiger partial charge in [0.1, 0.15) is 11.5 Å². The van der Waals surface area contributed by atoms with Gasteiger partial charge in [0.15, 0.2) is 11.4 Å². The molecule has 7 nitrogen and oxygen atoms in total. The van der Waals surface area contributed by atoms with Gasteiger partial charge in [-0.05, 0) is 24.5 Å². The number of alkyl halides is 3. The number of nitro benzene ring substituents is 1. The van der Waals surface area contributed by atoms with Crippen LogP contribution < -0.4 is 10.1 Å². The summed E-state index contributed by atoms with van der Waals surface area (Å²) in [6, 6.07) is 7.64. The summed E-state index contributed by atoms with van der Waals surface area (Å²) in [6.45, 7) is 0. The second-order valence-electron chi connectivity index (χ2n) is 4.93. The Hall–Kier alpha value is -3.26. The van der Waals surface area contributed by atoms with E-state index in [0.29, 0.717) is 0 Å². The van der Waals surface area contributed by atoms with Crippen LogP contribution in [0.5, 0.6) is 11.5 Å². The molecule has 0 bridgehead atoms. The van der Waals surface area contributed by atoms with E-state index in [-0.39, 0.29) is 28.0 Å². The van der Waals surface area contributed by atoms with E-state index in [0.717, 1.165) is 42.1 Å². The van der Waals surface area contributed by atoms with Crippen LogP contribution in [0.2, 0.25) is 0 Å². The Morgan fingerprint density at radius 3 is 2.63 bits per heavy atom. The smallest absolute Gasteiger partial charge is 0.416 e. The number of non-ortho nitro benzene ring substituents is 1. The van der Waals surface area contributed by atoms with Crippen LogP contribution in [0.1, 0.15) is 5.56 Å². The van der Waals surface area contributed by atoms with Gasteiger partial charge in [-0.1, -0.05) is 17.8 Å². The predicted molar refractivity (Wildman–Crippen MR) is 94.0 cm³/mol. The minimum absolute atomic E-state index is 0.0697. The fourth-order valence-corrected chi connectivity index (χ4v) is 2.30. The third-order valence-corrected chi connectivity index (χ3v) is 3.65. The van der Waals surface area contributed by atoms with E-state index in [1.165, 1.54) is 12.1 Å². The van der Waals surface area contributed by atoms with Crippen LogP contribution in [-0.2, 0) is 6.18 Å². The first-order valence-electron chi connectivity index (χ1n) is 7.15. The van der Waals surface area contributed by atoms with E-state index in [2.05, 4.69) is 10.3 Å². The molecule has 0 radical (unpaired) electrons. The van der Waals surface area contributed by atoms with Crippen molar-refractivity contribution in [2.45, 2.75) is 6.18 Å². The summed E-state index contributed by atoms with van der Waals surface area (Å²) in [6.07, 6.45) is -1.23. The molecule has 0 unspecified atom stereocenters. The van der Waals surface area contributed by atoms with Crippen molar-refractivity contribution in [3.63, 3.8) is 0 Å². The van der Waals surface area contributed by atoms with Gasteiger partial charge in [-0.2, -0.15) is 18.4 Å². The lowest BCUT2D eigenvalue weighted by Gasteiger charge is -2.10. The first-order chi connectivity index (χ1) is 12.7. The standard InChI is InChI=1S/C16H11F3N4O3S/c1-27-15(21-9-20)22-11-6-12(23(24)25)8-14(7-11)26-13-4-2-3-10(5-13)16(17,18)19/h2-8H,1H3,(H,21,22). The lowest BCUT2D eigenvalue weighted by atomic mass is 10.2. The van der Waals surface area contributed by atoms with Crippen LogP contribution >= 0.6 is 11.8 Å². The monoisotopic (exact) mass is 396 g/mol. The first kappa shape index (κ1) is 20.1. The van der Waals surface area contributed by atoms with Gasteiger partial charge < -0.3 is 4.74 Å². The number of nitrogens with one attached hydrogen (secondary N) is 1. The topological polar surface area (TPSA) is 101 Å². The zero-order valence-electron chi connectivity index (χ0n) is 13.6. The molecule has 11 heteroatoms. The number of amidine groups is 1. The van der Waals surface area contributed by atoms with Crippen LogP contribution in [0.4, 0.5) is 24.5 Å². The number of hydrogen-bond donors (Lipinski definition) is 1. The molecule has 0 amide bonds. The Kier molecular flexibility index (Phi) is 6.25. The number of thioether (sulfide) groups is 1. The summed E-state index contributed by atoms with van der Waals surface area (Å²) < 4.78 is 43.7. The summed E-state index contributed by atoms with van der Waals surface area (Å²) in [5, 5.41) is 22.2. The molecule has 0 saturated heterocycles. The lowest BCUT2D eigenvalue weighted by molar-refractivity contribution is -0.384. The largest absolute Gasteiger partial charge is 0.457 e. The summed E-state index contributed by atoms with van der Waals surface area (Å²) in [4.78, 5) is 14.5. The number of hydrogen-bond acceptors (Lipinski definition) is 6. The number of halogens is 3. The number of rotatable bonds is 4. The summed E-state index contributed by atoms with van der Waals surface area (Å²) in [5.41, 5.74) is -1.18. The minimum atomic E-state index is -4.55. The van der Waals surface area contributed by atoms with Gasteiger partial charge in [-0.3, -0.25) is 15.4 Å². The highest BCUT2D eigenvalue weighted by molar-refractivity contribution is 8.13. The third-order valence-electron chi connectivity index (χ3n) is 3.07. The average Bonchev–Trinajstić information content (AvgIpc) is 2.60. The highest BCUT2D eigenvalue weighted by Crippen LogP contribution is 2.35. The molecular formula is C16H11F3N4O3S. The number of nitriles is 1. The molecule has 0 spiro atoms. The van der Waals surface area contributed by atoms with Gasteiger partial charge in [0.2, 0.25) is 0 Å². The number of nitrogens with zero attached hydrogens (tertiary/aromatic N) is 3. The highest BCUT2D eigenvalue weighted by Gasteiger charge is 2.30. The van der Waals surface area contributed by atoms with Gasteiger partial charge in [-0.15, -0.1) is 0 Å². The zero-order chi connectivity index (χ0) is 20.0. The van der Waals surface area contributed by atoms with Gasteiger partial charge in [0.25, 0.3) is 5.69 Å². The molecule has 2 aromatic rings. The van der Waals surface area contributed by atoms with E-state index in [1.807, 2.05) is 0 Å². The molecular weight excluding hydrogens is 385 g/mol. The predicted octanol–water partition coefficient (Wildman–Crippen LogP) is 4.83. The number of nitro groups is 1. The zero-order valence-corrected chi connectivity index (χ0v) is 14.5. The SMILES string of the molecule is CSC(=Nc1cc(Oc2cccc(C(F)(F)F)c2)cc([N+](=O)[O-])c1)NC#N. The minimum Gasteiger partial charge on any atom is -0.457 e. The molecule has 0 aromatic heterocycles. The molecule has 0 atom stereocenters. The number of benzene rings is 2. The molecule has 0 saturated carbocycles. The summed E-state index contributed by atoms with van der Waals surface area (Å²) in [7, 11) is 0. The molecule has 0 aliphatic heterocycles. The Morgan fingerprint density at radius 1 is 1.30 bits per heavy atom. The number of ether oxygens (including phenoxy) is 1. The normalized spacial score (nSPS) is 11.6. The lowest BCUT2D eigenvalue weighted by Crippen LogP contribution is -2.12. The molecule has 2 aromatic carbocycles. The van der Waals surface area contributed by atoms with Crippen molar-refractivity contribution < 1.29 is 22.8 Å². The highest BCUT2D eigenvalue weighted by atomic mass is 32.2. The Bertz CT molecular complexity index is 926. The van der Waals surface area contributed by atoms with Crippen molar-refractivity contribution in [1.82, 2.24) is 5.32 Å². The Morgan fingerprint density at radius 2 is 2.04 bits per heavy atom. The summed E-state index contributed by atoms with van der Waals surface area (Å²) in [5.74, 6) is -0.208.